The molecule has 13 heteroatoms. The molecule has 0 atom stereocenters. The van der Waals surface area contributed by atoms with Crippen molar-refractivity contribution in [2.24, 2.45) is 0 Å². The Balaban J connectivity index is 2.39. The summed E-state index contributed by atoms with van der Waals surface area (Å²) in [6.07, 6.45) is -5.05. The van der Waals surface area contributed by atoms with Crippen molar-refractivity contribution in [2.75, 3.05) is 0 Å². The summed E-state index contributed by atoms with van der Waals surface area (Å²) in [6, 6.07) is 8.41. The smallest absolute Gasteiger partial charge is 0.417 e. The third-order valence-electron chi connectivity index (χ3n) is 6.69. The predicted molar refractivity (Wildman–Crippen MR) is 185 cm³/mol. The van der Waals surface area contributed by atoms with Crippen LogP contribution in [0.3, 0.4) is 0 Å². The van der Waals surface area contributed by atoms with E-state index in [1.165, 1.54) is 40.7 Å². The fraction of sp³-hybridized carbons (Fsp3) is 0.154. The van der Waals surface area contributed by atoms with E-state index < -0.39 is 58.6 Å². The van der Waals surface area contributed by atoms with E-state index in [4.69, 9.17) is 23.7 Å². The van der Waals surface area contributed by atoms with E-state index in [0.717, 1.165) is 36.4 Å². The Bertz CT molecular complexity index is 2090. The van der Waals surface area contributed by atoms with Gasteiger partial charge in [0.2, 0.25) is 0 Å². The van der Waals surface area contributed by atoms with E-state index in [1.54, 1.807) is 0 Å². The van der Waals surface area contributed by atoms with E-state index in [0.29, 0.717) is 6.07 Å². The molecular weight excluding hydrogens is 685 g/mol. The largest absolute Gasteiger partial charge is 0.423 e. The number of benzene rings is 3. The normalized spacial score (nSPS) is 10.7. The van der Waals surface area contributed by atoms with E-state index in [2.05, 4.69) is 32.9 Å². The van der Waals surface area contributed by atoms with Crippen LogP contribution in [0.15, 0.2) is 109 Å². The summed E-state index contributed by atoms with van der Waals surface area (Å²) in [4.78, 5) is 62.3. The van der Waals surface area contributed by atoms with Crippen molar-refractivity contribution >= 4 is 29.8 Å². The van der Waals surface area contributed by atoms with Gasteiger partial charge in [0.15, 0.2) is 23.0 Å². The van der Waals surface area contributed by atoms with Crippen molar-refractivity contribution in [3.63, 3.8) is 0 Å². The Kier molecular flexibility index (Phi) is 12.3. The van der Waals surface area contributed by atoms with Crippen molar-refractivity contribution in [3.8, 4) is 51.0 Å². The van der Waals surface area contributed by atoms with Gasteiger partial charge in [-0.3, -0.25) is 0 Å². The number of halogens is 3. The number of ether oxygens (including phenoxy) is 5. The molecule has 0 saturated carbocycles. The fourth-order valence-corrected chi connectivity index (χ4v) is 3.98. The molecule has 0 saturated heterocycles. The lowest BCUT2D eigenvalue weighted by Crippen LogP contribution is -2.14. The lowest BCUT2D eigenvalue weighted by molar-refractivity contribution is -0.137. The Morgan fingerprint density at radius 1 is 0.442 bits per heavy atom. The lowest BCUT2D eigenvalue weighted by atomic mass is 9.93. The van der Waals surface area contributed by atoms with Gasteiger partial charge in [-0.05, 0) is 87.7 Å². The second-order valence-corrected chi connectivity index (χ2v) is 11.6. The van der Waals surface area contributed by atoms with Gasteiger partial charge in [-0.15, -0.1) is 0 Å². The maximum Gasteiger partial charge on any atom is 0.417 e. The van der Waals surface area contributed by atoms with E-state index in [-0.39, 0.29) is 61.8 Å². The van der Waals surface area contributed by atoms with Crippen molar-refractivity contribution in [1.29, 1.82) is 0 Å². The van der Waals surface area contributed by atoms with Gasteiger partial charge in [0.1, 0.15) is 5.75 Å². The molecule has 0 aliphatic heterocycles. The quantitative estimate of drug-likeness (QED) is 0.102. The van der Waals surface area contributed by atoms with Crippen LogP contribution in [0.2, 0.25) is 0 Å². The van der Waals surface area contributed by atoms with Crippen molar-refractivity contribution < 1.29 is 60.8 Å². The summed E-state index contributed by atoms with van der Waals surface area (Å²) >= 11 is 0. The average Bonchev–Trinajstić information content (AvgIpc) is 3.05. The third kappa shape index (κ3) is 9.81. The molecule has 10 nitrogen and oxygen atoms in total. The number of rotatable bonds is 12. The van der Waals surface area contributed by atoms with Crippen LogP contribution in [0.5, 0.6) is 28.7 Å². The van der Waals surface area contributed by atoms with Gasteiger partial charge >= 0.3 is 36.0 Å². The highest BCUT2D eigenvalue weighted by Gasteiger charge is 2.36. The van der Waals surface area contributed by atoms with Gasteiger partial charge in [0.25, 0.3) is 0 Å². The first-order valence-corrected chi connectivity index (χ1v) is 15.0. The van der Waals surface area contributed by atoms with Crippen LogP contribution in [-0.4, -0.2) is 29.8 Å². The molecule has 0 N–H and O–H groups in total. The first kappa shape index (κ1) is 39.9. The van der Waals surface area contributed by atoms with E-state index in [1.807, 2.05) is 0 Å². The van der Waals surface area contributed by atoms with Crippen LogP contribution >= 0.6 is 0 Å². The lowest BCUT2D eigenvalue weighted by Gasteiger charge is -2.20. The number of carbonyl (C=O) groups excluding carboxylic acids is 5. The second kappa shape index (κ2) is 16.0. The molecule has 0 aliphatic carbocycles. The van der Waals surface area contributed by atoms with Crippen LogP contribution in [0.1, 0.15) is 40.2 Å². The molecule has 0 fully saturated rings. The Morgan fingerprint density at radius 3 is 1.08 bits per heavy atom. The summed E-state index contributed by atoms with van der Waals surface area (Å²) in [5.41, 5.74) is -2.60. The predicted octanol–water partition coefficient (Wildman–Crippen LogP) is 8.45. The Hall–Kier alpha value is -6.50. The Morgan fingerprint density at radius 2 is 0.750 bits per heavy atom. The second-order valence-electron chi connectivity index (χ2n) is 11.6. The highest BCUT2D eigenvalue weighted by Crippen LogP contribution is 2.46. The van der Waals surface area contributed by atoms with Crippen molar-refractivity contribution in [3.05, 3.63) is 115 Å². The molecular formula is C39H33F3O10. The molecule has 0 spiro atoms. The summed E-state index contributed by atoms with van der Waals surface area (Å²) in [5, 5.41) is 0. The van der Waals surface area contributed by atoms with Crippen molar-refractivity contribution in [2.45, 2.75) is 40.8 Å². The first-order chi connectivity index (χ1) is 24.1. The number of hydrogen-bond acceptors (Lipinski definition) is 10. The summed E-state index contributed by atoms with van der Waals surface area (Å²) in [5.74, 6) is -6.47. The average molecular weight is 719 g/mol. The van der Waals surface area contributed by atoms with Crippen LogP contribution in [0.25, 0.3) is 22.3 Å². The number of esters is 5. The summed E-state index contributed by atoms with van der Waals surface area (Å²) in [6.45, 7) is 24.2. The molecule has 0 unspecified atom stereocenters. The molecule has 3 rings (SSSR count). The molecule has 0 heterocycles. The summed E-state index contributed by atoms with van der Waals surface area (Å²) < 4.78 is 71.3. The van der Waals surface area contributed by atoms with Gasteiger partial charge in [0.05, 0.1) is 5.56 Å². The zero-order valence-electron chi connectivity index (χ0n) is 28.9. The molecule has 0 aromatic heterocycles. The van der Waals surface area contributed by atoms with Crippen LogP contribution in [0.4, 0.5) is 13.2 Å². The molecule has 0 amide bonds. The third-order valence-corrected chi connectivity index (χ3v) is 6.69. The van der Waals surface area contributed by atoms with Gasteiger partial charge in [-0.2, -0.15) is 13.2 Å². The van der Waals surface area contributed by atoms with Gasteiger partial charge in [0, 0.05) is 33.4 Å². The minimum absolute atomic E-state index is 0.000203. The van der Waals surface area contributed by atoms with E-state index in [9.17, 15) is 37.1 Å². The van der Waals surface area contributed by atoms with Crippen LogP contribution in [0, 0.1) is 0 Å². The SMILES string of the molecule is C=C(C)C(=O)Oc1ccc(-c2cc(C(F)(F)F)c(-c3ccc(OC(=O)C(=C)C)c(OC(=O)C(=C)C)c3)cc2OC(=O)C(=C)C)cc1OC(=O)C(=C)C. The maximum absolute atomic E-state index is 14.9. The molecule has 0 radical (unpaired) electrons. The van der Waals surface area contributed by atoms with E-state index >= 15 is 0 Å². The molecule has 270 valence electrons. The molecule has 3 aromatic carbocycles. The minimum Gasteiger partial charge on any atom is -0.423 e. The minimum atomic E-state index is -5.05. The monoisotopic (exact) mass is 718 g/mol. The topological polar surface area (TPSA) is 132 Å². The van der Waals surface area contributed by atoms with Crippen molar-refractivity contribution in [1.82, 2.24) is 0 Å². The number of hydrogen-bond donors (Lipinski definition) is 0. The standard InChI is InChI=1S/C39H33F3O10/c1-19(2)34(43)48-29-13-11-24(15-32(29)51-37(46)22(7)8)26-18-31(50-36(45)21(5)6)27(17-28(26)39(40,41)42)25-12-14-30(49-35(44)20(3)4)33(16-25)52-38(47)23(9)10/h11-18H,1,3,5,7,9H2,2,4,6,8,10H3. The highest BCUT2D eigenvalue weighted by molar-refractivity contribution is 5.94. The van der Waals surface area contributed by atoms with Gasteiger partial charge in [-0.25, -0.2) is 24.0 Å². The van der Waals surface area contributed by atoms with Gasteiger partial charge in [-0.1, -0.05) is 45.0 Å². The molecule has 3 aromatic rings. The van der Waals surface area contributed by atoms with Crippen LogP contribution in [-0.2, 0) is 30.1 Å². The highest BCUT2D eigenvalue weighted by atomic mass is 19.4. The zero-order chi connectivity index (χ0) is 39.2. The Labute approximate surface area is 297 Å². The number of alkyl halides is 3. The zero-order valence-corrected chi connectivity index (χ0v) is 28.9. The fourth-order valence-electron chi connectivity index (χ4n) is 3.98. The molecule has 52 heavy (non-hydrogen) atoms. The maximum atomic E-state index is 14.9. The summed E-state index contributed by atoms with van der Waals surface area (Å²) in [7, 11) is 0. The van der Waals surface area contributed by atoms with Gasteiger partial charge < -0.3 is 23.7 Å². The molecule has 0 aliphatic rings. The van der Waals surface area contributed by atoms with Crippen LogP contribution < -0.4 is 23.7 Å². The molecule has 0 bridgehead atoms. The first-order valence-electron chi connectivity index (χ1n) is 15.0. The number of carbonyl (C=O) groups is 5.